The van der Waals surface area contributed by atoms with E-state index in [4.69, 9.17) is 0 Å². The van der Waals surface area contributed by atoms with Crippen LogP contribution in [0.2, 0.25) is 0 Å². The molecule has 1 aromatic carbocycles. The lowest BCUT2D eigenvalue weighted by Crippen LogP contribution is -2.28. The van der Waals surface area contributed by atoms with Crippen molar-refractivity contribution in [3.63, 3.8) is 0 Å². The average molecular weight is 312 g/mol. The molecule has 0 spiro atoms. The van der Waals surface area contributed by atoms with Crippen molar-refractivity contribution in [1.29, 1.82) is 0 Å². The third kappa shape index (κ3) is 4.77. The Bertz CT molecular complexity index is 710. The molecule has 0 saturated heterocycles. The molecular weight excluding hydrogens is 288 g/mol. The molecule has 0 radical (unpaired) electrons. The number of hydrogen-bond donors (Lipinski definition) is 2. The van der Waals surface area contributed by atoms with Gasteiger partial charge in [-0.1, -0.05) is 19.9 Å². The van der Waals surface area contributed by atoms with Crippen LogP contribution < -0.4 is 10.6 Å². The molecule has 0 saturated carbocycles. The molecule has 0 bridgehead atoms. The third-order valence-electron chi connectivity index (χ3n) is 3.52. The minimum atomic E-state index is -0.174. The fourth-order valence-corrected chi connectivity index (χ4v) is 2.08. The Kier molecular flexibility index (Phi) is 5.32. The standard InChI is InChI=1S/C18H24N4O/c1-11(2)10-19-17(23)16-9-14(5)20-18(22-16)21-15-7-6-12(3)13(4)8-15/h6-9,11H,10H2,1-5H3,(H,19,23)(H,20,21,22). The highest BCUT2D eigenvalue weighted by molar-refractivity contribution is 5.92. The predicted molar refractivity (Wildman–Crippen MR) is 93.1 cm³/mol. The lowest BCUT2D eigenvalue weighted by Gasteiger charge is -2.11. The molecule has 0 aliphatic heterocycles. The van der Waals surface area contributed by atoms with Crippen molar-refractivity contribution in [1.82, 2.24) is 15.3 Å². The second-order valence-corrected chi connectivity index (χ2v) is 6.25. The van der Waals surface area contributed by atoms with Gasteiger partial charge < -0.3 is 10.6 Å². The number of aromatic nitrogens is 2. The molecule has 2 N–H and O–H groups in total. The van der Waals surface area contributed by atoms with Crippen LogP contribution >= 0.6 is 0 Å². The third-order valence-corrected chi connectivity index (χ3v) is 3.52. The molecule has 0 aliphatic rings. The first kappa shape index (κ1) is 16.9. The molecule has 1 aromatic heterocycles. The number of carbonyl (C=O) groups is 1. The molecule has 122 valence electrons. The Hall–Kier alpha value is -2.43. The minimum Gasteiger partial charge on any atom is -0.350 e. The summed E-state index contributed by atoms with van der Waals surface area (Å²) in [6.07, 6.45) is 0. The Morgan fingerprint density at radius 1 is 1.09 bits per heavy atom. The molecule has 1 heterocycles. The van der Waals surface area contributed by atoms with Crippen LogP contribution in [0.15, 0.2) is 24.3 Å². The summed E-state index contributed by atoms with van der Waals surface area (Å²) in [5.74, 6) is 0.658. The Morgan fingerprint density at radius 2 is 1.83 bits per heavy atom. The second kappa shape index (κ2) is 7.22. The molecule has 0 fully saturated rings. The molecular formula is C18H24N4O. The largest absolute Gasteiger partial charge is 0.350 e. The SMILES string of the molecule is Cc1cc(C(=O)NCC(C)C)nc(Nc2ccc(C)c(C)c2)n1. The minimum absolute atomic E-state index is 0.174. The zero-order valence-corrected chi connectivity index (χ0v) is 14.4. The number of benzene rings is 1. The molecule has 5 heteroatoms. The van der Waals surface area contributed by atoms with Gasteiger partial charge in [0.15, 0.2) is 0 Å². The number of rotatable bonds is 5. The fourth-order valence-electron chi connectivity index (χ4n) is 2.08. The van der Waals surface area contributed by atoms with Crippen molar-refractivity contribution >= 4 is 17.5 Å². The van der Waals surface area contributed by atoms with Crippen LogP contribution in [0, 0.1) is 26.7 Å². The van der Waals surface area contributed by atoms with Crippen molar-refractivity contribution in [2.45, 2.75) is 34.6 Å². The first-order valence-electron chi connectivity index (χ1n) is 7.83. The van der Waals surface area contributed by atoms with Crippen LogP contribution in [0.1, 0.15) is 41.2 Å². The quantitative estimate of drug-likeness (QED) is 0.886. The van der Waals surface area contributed by atoms with E-state index in [0.29, 0.717) is 24.1 Å². The van der Waals surface area contributed by atoms with Gasteiger partial charge >= 0.3 is 0 Å². The number of carbonyl (C=O) groups excluding carboxylic acids is 1. The lowest BCUT2D eigenvalue weighted by atomic mass is 10.1. The molecule has 1 amide bonds. The summed E-state index contributed by atoms with van der Waals surface area (Å²) in [5, 5.41) is 6.05. The first-order valence-corrected chi connectivity index (χ1v) is 7.83. The molecule has 0 atom stereocenters. The van der Waals surface area contributed by atoms with Gasteiger partial charge in [0.1, 0.15) is 5.69 Å². The second-order valence-electron chi connectivity index (χ2n) is 6.25. The van der Waals surface area contributed by atoms with Crippen molar-refractivity contribution < 1.29 is 4.79 Å². The van der Waals surface area contributed by atoms with Gasteiger partial charge in [0.05, 0.1) is 0 Å². The van der Waals surface area contributed by atoms with E-state index in [1.165, 1.54) is 11.1 Å². The summed E-state index contributed by atoms with van der Waals surface area (Å²) in [5.41, 5.74) is 4.46. The van der Waals surface area contributed by atoms with E-state index in [0.717, 1.165) is 11.4 Å². The van der Waals surface area contributed by atoms with Gasteiger partial charge in [0.25, 0.3) is 5.91 Å². The van der Waals surface area contributed by atoms with Crippen molar-refractivity contribution in [3.05, 3.63) is 46.8 Å². The molecule has 0 unspecified atom stereocenters. The van der Waals surface area contributed by atoms with Gasteiger partial charge in [-0.3, -0.25) is 4.79 Å². The number of nitrogens with one attached hydrogen (secondary N) is 2. The van der Waals surface area contributed by atoms with E-state index >= 15 is 0 Å². The number of anilines is 2. The zero-order valence-electron chi connectivity index (χ0n) is 14.4. The average Bonchev–Trinajstić information content (AvgIpc) is 2.48. The monoisotopic (exact) mass is 312 g/mol. The van der Waals surface area contributed by atoms with Crippen LogP contribution in [0.4, 0.5) is 11.6 Å². The summed E-state index contributed by atoms with van der Waals surface area (Å²) in [6.45, 7) is 10.7. The highest BCUT2D eigenvalue weighted by Crippen LogP contribution is 2.18. The smallest absolute Gasteiger partial charge is 0.270 e. The van der Waals surface area contributed by atoms with Gasteiger partial charge in [0.2, 0.25) is 5.95 Å². The van der Waals surface area contributed by atoms with E-state index in [1.54, 1.807) is 6.07 Å². The van der Waals surface area contributed by atoms with Crippen molar-refractivity contribution in [2.24, 2.45) is 5.92 Å². The van der Waals surface area contributed by atoms with E-state index in [-0.39, 0.29) is 5.91 Å². The summed E-state index contributed by atoms with van der Waals surface area (Å²) < 4.78 is 0. The summed E-state index contributed by atoms with van der Waals surface area (Å²) >= 11 is 0. The number of amides is 1. The van der Waals surface area contributed by atoms with E-state index in [9.17, 15) is 4.79 Å². The Morgan fingerprint density at radius 3 is 2.48 bits per heavy atom. The van der Waals surface area contributed by atoms with Gasteiger partial charge in [-0.15, -0.1) is 0 Å². The summed E-state index contributed by atoms with van der Waals surface area (Å²) in [7, 11) is 0. The van der Waals surface area contributed by atoms with Gasteiger partial charge in [-0.25, -0.2) is 9.97 Å². The van der Waals surface area contributed by atoms with Crippen LogP contribution in [-0.2, 0) is 0 Å². The summed E-state index contributed by atoms with van der Waals surface area (Å²) in [4.78, 5) is 20.9. The molecule has 2 aromatic rings. The van der Waals surface area contributed by atoms with E-state index in [1.807, 2.05) is 25.1 Å². The maximum Gasteiger partial charge on any atom is 0.270 e. The molecule has 5 nitrogen and oxygen atoms in total. The molecule has 2 rings (SSSR count). The van der Waals surface area contributed by atoms with Crippen molar-refractivity contribution in [3.8, 4) is 0 Å². The van der Waals surface area contributed by atoms with Gasteiger partial charge in [-0.05, 0) is 56.0 Å². The van der Waals surface area contributed by atoms with Crippen LogP contribution in [0.5, 0.6) is 0 Å². The number of nitrogens with zero attached hydrogens (tertiary/aromatic N) is 2. The van der Waals surface area contributed by atoms with Crippen LogP contribution in [0.3, 0.4) is 0 Å². The first-order chi connectivity index (χ1) is 10.8. The highest BCUT2D eigenvalue weighted by Gasteiger charge is 2.11. The lowest BCUT2D eigenvalue weighted by molar-refractivity contribution is 0.0944. The van der Waals surface area contributed by atoms with E-state index in [2.05, 4.69) is 48.3 Å². The molecule has 0 aliphatic carbocycles. The topological polar surface area (TPSA) is 66.9 Å². The fraction of sp³-hybridized carbons (Fsp3) is 0.389. The van der Waals surface area contributed by atoms with Crippen LogP contribution in [-0.4, -0.2) is 22.4 Å². The number of hydrogen-bond acceptors (Lipinski definition) is 4. The number of aryl methyl sites for hydroxylation is 3. The Balaban J connectivity index is 2.19. The van der Waals surface area contributed by atoms with Crippen LogP contribution in [0.25, 0.3) is 0 Å². The van der Waals surface area contributed by atoms with Gasteiger partial charge in [0, 0.05) is 17.9 Å². The van der Waals surface area contributed by atoms with E-state index < -0.39 is 0 Å². The van der Waals surface area contributed by atoms with Gasteiger partial charge in [-0.2, -0.15) is 0 Å². The summed E-state index contributed by atoms with van der Waals surface area (Å²) in [6, 6.07) is 7.76. The predicted octanol–water partition coefficient (Wildman–Crippen LogP) is 3.53. The maximum atomic E-state index is 12.2. The highest BCUT2D eigenvalue weighted by atomic mass is 16.1. The van der Waals surface area contributed by atoms with Crippen molar-refractivity contribution in [2.75, 3.05) is 11.9 Å². The maximum absolute atomic E-state index is 12.2. The molecule has 23 heavy (non-hydrogen) atoms. The Labute approximate surface area is 137 Å². The normalized spacial score (nSPS) is 10.7. The zero-order chi connectivity index (χ0) is 17.0.